The van der Waals surface area contributed by atoms with E-state index >= 15 is 0 Å². The van der Waals surface area contributed by atoms with E-state index in [9.17, 15) is 13.0 Å². The van der Waals surface area contributed by atoms with Crippen LogP contribution in [0.4, 0.5) is 5.69 Å². The van der Waals surface area contributed by atoms with E-state index in [1.165, 1.54) is 6.07 Å². The highest BCUT2D eigenvalue weighted by molar-refractivity contribution is 7.85. The third-order valence-corrected chi connectivity index (χ3v) is 5.65. The fraction of sp³-hybridized carbons (Fsp3) is 0.611. The van der Waals surface area contributed by atoms with Crippen LogP contribution in [0.15, 0.2) is 23.1 Å². The summed E-state index contributed by atoms with van der Waals surface area (Å²) < 4.78 is 50.2. The molecule has 1 N–H and O–H groups in total. The standard InChI is InChI=1S/C18H27NO6S/c1-14-18(2,3)16-13-15(26(20,21)22)5-6-17(16)19(14)7-8-24-11-12-25-10-9-23-4/h5-6,13H,7-12H2,1-4H3/p+1. The Morgan fingerprint density at radius 3 is 2.31 bits per heavy atom. The fourth-order valence-corrected chi connectivity index (χ4v) is 3.54. The molecule has 0 spiro atoms. The first-order valence-corrected chi connectivity index (χ1v) is 10.0. The van der Waals surface area contributed by atoms with Crippen LogP contribution in [0.25, 0.3) is 0 Å². The SMILES string of the molecule is COCCOCCOCC[N+]1=C(C)C(C)(C)c2cc(S(=O)(=O)O)ccc21. The van der Waals surface area contributed by atoms with Gasteiger partial charge in [0.05, 0.1) is 36.7 Å². The Bertz CT molecular complexity index is 770. The summed E-state index contributed by atoms with van der Waals surface area (Å²) in [4.78, 5) is -0.0802. The highest BCUT2D eigenvalue weighted by atomic mass is 32.2. The zero-order chi connectivity index (χ0) is 19.4. The number of rotatable bonds is 10. The maximum absolute atomic E-state index is 11.4. The second-order valence-electron chi connectivity index (χ2n) is 6.73. The Morgan fingerprint density at radius 2 is 1.69 bits per heavy atom. The van der Waals surface area contributed by atoms with Crippen molar-refractivity contribution in [1.82, 2.24) is 0 Å². The van der Waals surface area contributed by atoms with E-state index in [-0.39, 0.29) is 10.3 Å². The van der Waals surface area contributed by atoms with Gasteiger partial charge in [-0.25, -0.2) is 0 Å². The molecule has 8 heteroatoms. The van der Waals surface area contributed by atoms with Gasteiger partial charge in [0, 0.05) is 25.7 Å². The van der Waals surface area contributed by atoms with E-state index in [1.54, 1.807) is 19.2 Å². The Hall–Kier alpha value is -1.32. The van der Waals surface area contributed by atoms with E-state index in [0.29, 0.717) is 39.6 Å². The average molecular weight is 386 g/mol. The number of benzene rings is 1. The lowest BCUT2D eigenvalue weighted by atomic mass is 9.82. The molecule has 0 bridgehead atoms. The van der Waals surface area contributed by atoms with Crippen LogP contribution in [0.3, 0.4) is 0 Å². The number of ether oxygens (including phenoxy) is 3. The second-order valence-corrected chi connectivity index (χ2v) is 8.16. The molecule has 0 amide bonds. The lowest BCUT2D eigenvalue weighted by molar-refractivity contribution is -0.443. The summed E-state index contributed by atoms with van der Waals surface area (Å²) in [5.74, 6) is 0. The molecule has 146 valence electrons. The van der Waals surface area contributed by atoms with Crippen LogP contribution in [0.1, 0.15) is 26.3 Å². The molecule has 2 rings (SSSR count). The van der Waals surface area contributed by atoms with Gasteiger partial charge in [0.1, 0.15) is 6.61 Å². The van der Waals surface area contributed by atoms with Gasteiger partial charge >= 0.3 is 0 Å². The number of fused-ring (bicyclic) bond motifs is 1. The van der Waals surface area contributed by atoms with Crippen LogP contribution in [0.2, 0.25) is 0 Å². The Morgan fingerprint density at radius 1 is 1.08 bits per heavy atom. The molecule has 1 aromatic carbocycles. The summed E-state index contributed by atoms with van der Waals surface area (Å²) in [5.41, 5.74) is 2.62. The van der Waals surface area contributed by atoms with Crippen LogP contribution in [0.5, 0.6) is 0 Å². The van der Waals surface area contributed by atoms with Gasteiger partial charge in [0.2, 0.25) is 5.69 Å². The highest BCUT2D eigenvalue weighted by Crippen LogP contribution is 2.40. The highest BCUT2D eigenvalue weighted by Gasteiger charge is 2.43. The maximum Gasteiger partial charge on any atom is 0.294 e. The molecule has 1 aromatic rings. The smallest absolute Gasteiger partial charge is 0.294 e. The predicted molar refractivity (Wildman–Crippen MR) is 98.3 cm³/mol. The second kappa shape index (κ2) is 8.58. The fourth-order valence-electron chi connectivity index (χ4n) is 3.03. The normalized spacial score (nSPS) is 16.2. The van der Waals surface area contributed by atoms with Gasteiger partial charge in [-0.3, -0.25) is 4.55 Å². The number of methoxy groups -OCH3 is 1. The van der Waals surface area contributed by atoms with Gasteiger partial charge in [0.25, 0.3) is 10.1 Å². The van der Waals surface area contributed by atoms with Gasteiger partial charge in [-0.1, -0.05) is 0 Å². The van der Waals surface area contributed by atoms with Crippen molar-refractivity contribution in [2.75, 3.05) is 46.7 Å². The van der Waals surface area contributed by atoms with Crippen molar-refractivity contribution in [2.24, 2.45) is 0 Å². The van der Waals surface area contributed by atoms with Gasteiger partial charge in [-0.2, -0.15) is 13.0 Å². The van der Waals surface area contributed by atoms with Crippen molar-refractivity contribution in [3.05, 3.63) is 23.8 Å². The molecule has 26 heavy (non-hydrogen) atoms. The van der Waals surface area contributed by atoms with Crippen LogP contribution in [-0.4, -0.2) is 69.9 Å². The summed E-state index contributed by atoms with van der Waals surface area (Å²) in [6.45, 7) is 9.45. The van der Waals surface area contributed by atoms with Crippen molar-refractivity contribution in [2.45, 2.75) is 31.1 Å². The molecule has 1 aliphatic heterocycles. The predicted octanol–water partition coefficient (Wildman–Crippen LogP) is 2.01. The van der Waals surface area contributed by atoms with Gasteiger partial charge in [-0.05, 0) is 26.0 Å². The quantitative estimate of drug-likeness (QED) is 0.376. The summed E-state index contributed by atoms with van der Waals surface area (Å²) in [6.07, 6.45) is 0. The number of hydrogen-bond donors (Lipinski definition) is 1. The van der Waals surface area contributed by atoms with E-state index in [4.69, 9.17) is 14.2 Å². The lowest BCUT2D eigenvalue weighted by Gasteiger charge is -2.15. The maximum atomic E-state index is 11.4. The van der Waals surface area contributed by atoms with Crippen LogP contribution in [-0.2, 0) is 29.7 Å². The zero-order valence-electron chi connectivity index (χ0n) is 15.8. The minimum absolute atomic E-state index is 0.0802. The summed E-state index contributed by atoms with van der Waals surface area (Å²) in [5, 5.41) is 0. The Labute approximate surface area is 155 Å². The first kappa shape index (κ1) is 21.0. The van der Waals surface area contributed by atoms with Crippen molar-refractivity contribution >= 4 is 21.5 Å². The first-order valence-electron chi connectivity index (χ1n) is 8.57. The third-order valence-electron chi connectivity index (χ3n) is 4.80. The topological polar surface area (TPSA) is 85.1 Å². The molecule has 1 heterocycles. The summed E-state index contributed by atoms with van der Waals surface area (Å²) >= 11 is 0. The molecule has 0 saturated heterocycles. The van der Waals surface area contributed by atoms with Gasteiger partial charge in [-0.15, -0.1) is 0 Å². The molecule has 7 nitrogen and oxygen atoms in total. The van der Waals surface area contributed by atoms with Gasteiger partial charge < -0.3 is 14.2 Å². The number of hydrogen-bond acceptors (Lipinski definition) is 5. The summed E-state index contributed by atoms with van der Waals surface area (Å²) in [7, 11) is -2.59. The third kappa shape index (κ3) is 4.69. The molecule has 0 unspecified atom stereocenters. The molecule has 0 saturated carbocycles. The van der Waals surface area contributed by atoms with Crippen LogP contribution < -0.4 is 0 Å². The van der Waals surface area contributed by atoms with Crippen LogP contribution >= 0.6 is 0 Å². The minimum atomic E-state index is -4.22. The van der Waals surface area contributed by atoms with E-state index in [2.05, 4.69) is 4.58 Å². The molecular weight excluding hydrogens is 358 g/mol. The molecule has 0 radical (unpaired) electrons. The molecule has 0 aromatic heterocycles. The van der Waals surface area contributed by atoms with E-state index in [0.717, 1.165) is 17.0 Å². The average Bonchev–Trinajstić information content (AvgIpc) is 2.76. The molecule has 0 atom stereocenters. The summed E-state index contributed by atoms with van der Waals surface area (Å²) in [6, 6.07) is 4.73. The Kier molecular flexibility index (Phi) is 6.92. The van der Waals surface area contributed by atoms with Crippen molar-refractivity contribution < 1.29 is 31.8 Å². The monoisotopic (exact) mass is 386 g/mol. The first-order chi connectivity index (χ1) is 12.2. The molecule has 0 fully saturated rings. The Balaban J connectivity index is 2.01. The lowest BCUT2D eigenvalue weighted by Crippen LogP contribution is -2.27. The largest absolute Gasteiger partial charge is 0.382 e. The minimum Gasteiger partial charge on any atom is -0.382 e. The number of nitrogens with zero attached hydrogens (tertiary/aromatic N) is 1. The zero-order valence-corrected chi connectivity index (χ0v) is 16.6. The molecule has 1 aliphatic rings. The van der Waals surface area contributed by atoms with Crippen molar-refractivity contribution in [3.8, 4) is 0 Å². The van der Waals surface area contributed by atoms with Crippen molar-refractivity contribution in [3.63, 3.8) is 0 Å². The van der Waals surface area contributed by atoms with E-state index < -0.39 is 10.1 Å². The van der Waals surface area contributed by atoms with Crippen molar-refractivity contribution in [1.29, 1.82) is 0 Å². The van der Waals surface area contributed by atoms with Gasteiger partial charge in [0.15, 0.2) is 12.3 Å². The molecular formula is C18H28NO6S+. The van der Waals surface area contributed by atoms with E-state index in [1.807, 2.05) is 20.8 Å². The van der Waals surface area contributed by atoms with Crippen LogP contribution in [0, 0.1) is 0 Å². The molecule has 0 aliphatic carbocycles.